The van der Waals surface area contributed by atoms with E-state index in [1.807, 2.05) is 0 Å². The standard InChI is InChI=1S/C15H19ClF3N3O2/c1-9(2)21-14(24)20-6-7-22(10(3)23)13-8-11(15(17,18)19)4-5-12(13)16/h4-5,8-9H,6-7H2,1-3H3,(H2,20,21,24). The van der Waals surface area contributed by atoms with Gasteiger partial charge in [-0.05, 0) is 32.0 Å². The van der Waals surface area contributed by atoms with Crippen molar-refractivity contribution in [2.75, 3.05) is 18.0 Å². The van der Waals surface area contributed by atoms with Gasteiger partial charge in [-0.3, -0.25) is 4.79 Å². The van der Waals surface area contributed by atoms with Crippen LogP contribution < -0.4 is 15.5 Å². The molecular weight excluding hydrogens is 347 g/mol. The normalized spacial score (nSPS) is 11.3. The van der Waals surface area contributed by atoms with Gasteiger partial charge in [0.2, 0.25) is 5.91 Å². The van der Waals surface area contributed by atoms with Crippen LogP contribution >= 0.6 is 11.6 Å². The Bertz CT molecular complexity index is 606. The van der Waals surface area contributed by atoms with Gasteiger partial charge in [0.15, 0.2) is 0 Å². The monoisotopic (exact) mass is 365 g/mol. The van der Waals surface area contributed by atoms with Crippen molar-refractivity contribution < 1.29 is 22.8 Å². The minimum Gasteiger partial charge on any atom is -0.336 e. The lowest BCUT2D eigenvalue weighted by molar-refractivity contribution is -0.137. The van der Waals surface area contributed by atoms with Crippen LogP contribution in [0, 0.1) is 0 Å². The highest BCUT2D eigenvalue weighted by Gasteiger charge is 2.31. The molecule has 134 valence electrons. The van der Waals surface area contributed by atoms with Crippen LogP contribution in [-0.2, 0) is 11.0 Å². The number of rotatable bonds is 5. The zero-order valence-electron chi connectivity index (χ0n) is 13.5. The average molecular weight is 366 g/mol. The number of halogens is 4. The van der Waals surface area contributed by atoms with E-state index in [4.69, 9.17) is 11.6 Å². The fourth-order valence-electron chi connectivity index (χ4n) is 1.94. The molecule has 0 aliphatic rings. The lowest BCUT2D eigenvalue weighted by Crippen LogP contribution is -2.43. The van der Waals surface area contributed by atoms with E-state index in [0.717, 1.165) is 23.1 Å². The molecule has 0 saturated carbocycles. The maximum atomic E-state index is 12.8. The molecule has 0 saturated heterocycles. The number of hydrogen-bond acceptors (Lipinski definition) is 2. The minimum atomic E-state index is -4.54. The first kappa shape index (κ1) is 20.1. The van der Waals surface area contributed by atoms with Gasteiger partial charge in [0, 0.05) is 26.1 Å². The Hall–Kier alpha value is -1.96. The molecule has 0 atom stereocenters. The van der Waals surface area contributed by atoms with Crippen LogP contribution in [0.25, 0.3) is 0 Å². The maximum Gasteiger partial charge on any atom is 0.416 e. The Kier molecular flexibility index (Phi) is 6.89. The van der Waals surface area contributed by atoms with Gasteiger partial charge in [-0.15, -0.1) is 0 Å². The first-order valence-corrected chi connectivity index (χ1v) is 7.59. The third kappa shape index (κ3) is 5.92. The van der Waals surface area contributed by atoms with Crippen molar-refractivity contribution in [2.24, 2.45) is 0 Å². The Labute approximate surface area is 143 Å². The number of amides is 3. The maximum absolute atomic E-state index is 12.8. The Morgan fingerprint density at radius 1 is 1.29 bits per heavy atom. The van der Waals surface area contributed by atoms with Crippen LogP contribution in [0.5, 0.6) is 0 Å². The molecule has 9 heteroatoms. The van der Waals surface area contributed by atoms with Crippen LogP contribution in [-0.4, -0.2) is 31.1 Å². The van der Waals surface area contributed by atoms with E-state index >= 15 is 0 Å². The summed E-state index contributed by atoms with van der Waals surface area (Å²) in [7, 11) is 0. The minimum absolute atomic E-state index is 0.0120. The van der Waals surface area contributed by atoms with Gasteiger partial charge >= 0.3 is 12.2 Å². The predicted molar refractivity (Wildman–Crippen MR) is 86.2 cm³/mol. The molecule has 1 aromatic rings. The molecule has 2 N–H and O–H groups in total. The zero-order chi connectivity index (χ0) is 18.5. The van der Waals surface area contributed by atoms with E-state index in [2.05, 4.69) is 10.6 Å². The third-order valence-corrected chi connectivity index (χ3v) is 3.30. The fourth-order valence-corrected chi connectivity index (χ4v) is 2.16. The van der Waals surface area contributed by atoms with Crippen molar-refractivity contribution in [3.05, 3.63) is 28.8 Å². The molecule has 24 heavy (non-hydrogen) atoms. The van der Waals surface area contributed by atoms with Crippen molar-refractivity contribution in [3.63, 3.8) is 0 Å². The molecule has 0 fully saturated rings. The summed E-state index contributed by atoms with van der Waals surface area (Å²) in [5.74, 6) is -0.484. The number of nitrogens with one attached hydrogen (secondary N) is 2. The summed E-state index contributed by atoms with van der Waals surface area (Å²) in [5, 5.41) is 5.14. The molecule has 0 heterocycles. The molecule has 0 aliphatic carbocycles. The summed E-state index contributed by atoms with van der Waals surface area (Å²) < 4.78 is 38.5. The number of carbonyl (C=O) groups excluding carboxylic acids is 2. The summed E-state index contributed by atoms with van der Waals surface area (Å²) in [6.45, 7) is 4.82. The van der Waals surface area contributed by atoms with Gasteiger partial charge in [0.05, 0.1) is 16.3 Å². The second-order valence-corrected chi connectivity index (χ2v) is 5.80. The first-order valence-electron chi connectivity index (χ1n) is 7.21. The van der Waals surface area contributed by atoms with Gasteiger partial charge in [0.1, 0.15) is 0 Å². The summed E-state index contributed by atoms with van der Waals surface area (Å²) in [4.78, 5) is 24.4. The summed E-state index contributed by atoms with van der Waals surface area (Å²) in [5.41, 5.74) is -0.955. The van der Waals surface area contributed by atoms with Gasteiger partial charge in [-0.25, -0.2) is 4.79 Å². The van der Waals surface area contributed by atoms with Crippen LogP contribution in [0.15, 0.2) is 18.2 Å². The Morgan fingerprint density at radius 2 is 1.92 bits per heavy atom. The van der Waals surface area contributed by atoms with E-state index in [-0.39, 0.29) is 29.8 Å². The number of benzene rings is 1. The highest BCUT2D eigenvalue weighted by molar-refractivity contribution is 6.33. The molecule has 0 spiro atoms. The Balaban J connectivity index is 2.89. The van der Waals surface area contributed by atoms with Gasteiger partial charge in [-0.2, -0.15) is 13.2 Å². The van der Waals surface area contributed by atoms with Crippen molar-refractivity contribution >= 4 is 29.2 Å². The number of nitrogens with zero attached hydrogens (tertiary/aromatic N) is 1. The number of anilines is 1. The van der Waals surface area contributed by atoms with Crippen molar-refractivity contribution in [2.45, 2.75) is 33.0 Å². The smallest absolute Gasteiger partial charge is 0.336 e. The van der Waals surface area contributed by atoms with Gasteiger partial charge in [-0.1, -0.05) is 11.6 Å². The van der Waals surface area contributed by atoms with Crippen LogP contribution in [0.2, 0.25) is 5.02 Å². The molecule has 1 aromatic carbocycles. The molecular formula is C15H19ClF3N3O2. The topological polar surface area (TPSA) is 61.4 Å². The lowest BCUT2D eigenvalue weighted by Gasteiger charge is -2.23. The highest BCUT2D eigenvalue weighted by Crippen LogP contribution is 2.35. The number of hydrogen-bond donors (Lipinski definition) is 2. The van der Waals surface area contributed by atoms with E-state index in [0.29, 0.717) is 0 Å². The molecule has 0 unspecified atom stereocenters. The SMILES string of the molecule is CC(=O)N(CCNC(=O)NC(C)C)c1cc(C(F)(F)F)ccc1Cl. The molecule has 0 radical (unpaired) electrons. The second-order valence-electron chi connectivity index (χ2n) is 5.39. The molecule has 1 rings (SSSR count). The van der Waals surface area contributed by atoms with Crippen molar-refractivity contribution in [3.8, 4) is 0 Å². The number of urea groups is 1. The molecule has 3 amide bonds. The van der Waals surface area contributed by atoms with E-state index in [1.165, 1.54) is 6.92 Å². The summed E-state index contributed by atoms with van der Waals surface area (Å²) in [6, 6.07) is 2.26. The zero-order valence-corrected chi connectivity index (χ0v) is 14.3. The first-order chi connectivity index (χ1) is 11.0. The van der Waals surface area contributed by atoms with Crippen molar-refractivity contribution in [1.29, 1.82) is 0 Å². The van der Waals surface area contributed by atoms with Gasteiger partial charge < -0.3 is 15.5 Å². The quantitative estimate of drug-likeness (QED) is 0.840. The average Bonchev–Trinajstić information content (AvgIpc) is 2.42. The van der Waals surface area contributed by atoms with Crippen LogP contribution in [0.3, 0.4) is 0 Å². The largest absolute Gasteiger partial charge is 0.416 e. The Morgan fingerprint density at radius 3 is 2.42 bits per heavy atom. The van der Waals surface area contributed by atoms with Gasteiger partial charge in [0.25, 0.3) is 0 Å². The second kappa shape index (κ2) is 8.23. The number of carbonyl (C=O) groups is 2. The lowest BCUT2D eigenvalue weighted by atomic mass is 10.1. The fraction of sp³-hybridized carbons (Fsp3) is 0.467. The molecule has 0 bridgehead atoms. The highest BCUT2D eigenvalue weighted by atomic mass is 35.5. The van der Waals surface area contributed by atoms with E-state index in [9.17, 15) is 22.8 Å². The molecule has 0 aromatic heterocycles. The van der Waals surface area contributed by atoms with E-state index in [1.54, 1.807) is 13.8 Å². The third-order valence-electron chi connectivity index (χ3n) is 2.99. The van der Waals surface area contributed by atoms with Crippen LogP contribution in [0.4, 0.5) is 23.7 Å². The molecule has 5 nitrogen and oxygen atoms in total. The summed E-state index contributed by atoms with van der Waals surface area (Å²) >= 11 is 5.93. The molecule has 0 aliphatic heterocycles. The summed E-state index contributed by atoms with van der Waals surface area (Å²) in [6.07, 6.45) is -4.54. The van der Waals surface area contributed by atoms with Crippen molar-refractivity contribution in [1.82, 2.24) is 10.6 Å². The van der Waals surface area contributed by atoms with E-state index < -0.39 is 23.7 Å². The van der Waals surface area contributed by atoms with Crippen LogP contribution in [0.1, 0.15) is 26.3 Å². The number of alkyl halides is 3. The predicted octanol–water partition coefficient (Wildman–Crippen LogP) is 3.42.